The smallest absolute Gasteiger partial charge is 0.335 e. The Bertz CT molecular complexity index is 913. The molecule has 3 aromatic rings. The second-order valence-electron chi connectivity index (χ2n) is 5.01. The first-order valence-electron chi connectivity index (χ1n) is 6.71. The number of pyridine rings is 1. The predicted molar refractivity (Wildman–Crippen MR) is 82.4 cm³/mol. The molecule has 0 atom stereocenters. The number of hydrogen-bond donors (Lipinski definition) is 3. The van der Waals surface area contributed by atoms with Crippen LogP contribution >= 0.6 is 0 Å². The number of carboxylic acid groups (broad SMARTS) is 1. The summed E-state index contributed by atoms with van der Waals surface area (Å²) in [6, 6.07) is 13.5. The van der Waals surface area contributed by atoms with E-state index in [0.717, 1.165) is 5.56 Å². The standard InChI is InChI=1S/C17H13NO4/c19-15-12-9-11(17(21)22)6-7-14(12)18-16(20)13(15)8-10-4-2-1-3-5-10/h1-7,9H,8H2,(H,21,22)(H2,18,19,20). The number of nitrogens with one attached hydrogen (secondary N) is 1. The van der Waals surface area contributed by atoms with Crippen LogP contribution in [-0.4, -0.2) is 21.2 Å². The minimum Gasteiger partial charge on any atom is -0.507 e. The van der Waals surface area contributed by atoms with E-state index in [1.165, 1.54) is 18.2 Å². The van der Waals surface area contributed by atoms with Gasteiger partial charge in [0, 0.05) is 11.8 Å². The molecule has 0 unspecified atom stereocenters. The zero-order valence-corrected chi connectivity index (χ0v) is 11.5. The van der Waals surface area contributed by atoms with Crippen LogP contribution in [0.25, 0.3) is 10.9 Å². The van der Waals surface area contributed by atoms with Gasteiger partial charge in [0.25, 0.3) is 5.56 Å². The highest BCUT2D eigenvalue weighted by atomic mass is 16.4. The molecule has 0 aliphatic carbocycles. The average Bonchev–Trinajstić information content (AvgIpc) is 2.52. The quantitative estimate of drug-likeness (QED) is 0.692. The largest absolute Gasteiger partial charge is 0.507 e. The molecule has 1 aromatic heterocycles. The van der Waals surface area contributed by atoms with Crippen LogP contribution in [0.4, 0.5) is 0 Å². The van der Waals surface area contributed by atoms with Gasteiger partial charge in [-0.25, -0.2) is 4.79 Å². The topological polar surface area (TPSA) is 90.4 Å². The van der Waals surface area contributed by atoms with Gasteiger partial charge in [0.2, 0.25) is 0 Å². The van der Waals surface area contributed by atoms with Gasteiger partial charge in [-0.15, -0.1) is 0 Å². The van der Waals surface area contributed by atoms with Crippen molar-refractivity contribution in [1.82, 2.24) is 4.98 Å². The lowest BCUT2D eigenvalue weighted by Gasteiger charge is -2.08. The monoisotopic (exact) mass is 295 g/mol. The molecule has 1 heterocycles. The Kier molecular flexibility index (Phi) is 3.39. The van der Waals surface area contributed by atoms with E-state index in [4.69, 9.17) is 5.11 Å². The SMILES string of the molecule is O=C(O)c1ccc2[nH]c(=O)c(Cc3ccccc3)c(O)c2c1. The first-order valence-corrected chi connectivity index (χ1v) is 6.71. The maximum atomic E-state index is 12.1. The van der Waals surface area contributed by atoms with Gasteiger partial charge < -0.3 is 15.2 Å². The van der Waals surface area contributed by atoms with Gasteiger partial charge in [-0.3, -0.25) is 4.79 Å². The minimum absolute atomic E-state index is 0.0560. The third-order valence-corrected chi connectivity index (χ3v) is 3.55. The number of carboxylic acids is 1. The lowest BCUT2D eigenvalue weighted by Crippen LogP contribution is -2.13. The molecule has 5 nitrogen and oxygen atoms in total. The number of aromatic carboxylic acids is 1. The molecule has 0 saturated heterocycles. The van der Waals surface area contributed by atoms with Crippen LogP contribution in [-0.2, 0) is 6.42 Å². The highest BCUT2D eigenvalue weighted by molar-refractivity contribution is 5.95. The first-order chi connectivity index (χ1) is 10.6. The van der Waals surface area contributed by atoms with Crippen molar-refractivity contribution in [3.8, 4) is 5.75 Å². The highest BCUT2D eigenvalue weighted by Gasteiger charge is 2.14. The maximum absolute atomic E-state index is 12.1. The summed E-state index contributed by atoms with van der Waals surface area (Å²) < 4.78 is 0. The van der Waals surface area contributed by atoms with E-state index in [9.17, 15) is 14.7 Å². The van der Waals surface area contributed by atoms with Crippen molar-refractivity contribution in [3.05, 3.63) is 75.6 Å². The van der Waals surface area contributed by atoms with Gasteiger partial charge in [0.15, 0.2) is 0 Å². The van der Waals surface area contributed by atoms with Gasteiger partial charge in [0.05, 0.1) is 16.6 Å². The van der Waals surface area contributed by atoms with Crippen LogP contribution in [0, 0.1) is 0 Å². The van der Waals surface area contributed by atoms with Crippen molar-refractivity contribution in [2.75, 3.05) is 0 Å². The fourth-order valence-electron chi connectivity index (χ4n) is 2.41. The molecule has 0 aliphatic heterocycles. The molecule has 0 fully saturated rings. The average molecular weight is 295 g/mol. The third-order valence-electron chi connectivity index (χ3n) is 3.55. The molecule has 0 saturated carbocycles. The van der Waals surface area contributed by atoms with Crippen molar-refractivity contribution in [1.29, 1.82) is 0 Å². The minimum atomic E-state index is -1.09. The molecule has 22 heavy (non-hydrogen) atoms. The molecule has 0 aliphatic rings. The molecule has 2 aromatic carbocycles. The molecule has 0 amide bonds. The Balaban J connectivity index is 2.18. The number of H-pyrrole nitrogens is 1. The summed E-state index contributed by atoms with van der Waals surface area (Å²) in [6.45, 7) is 0. The number of benzene rings is 2. The predicted octanol–water partition coefficient (Wildman–Crippen LogP) is 2.52. The van der Waals surface area contributed by atoms with Crippen LogP contribution < -0.4 is 5.56 Å². The Morgan fingerprint density at radius 1 is 1.09 bits per heavy atom. The molecular weight excluding hydrogens is 282 g/mol. The number of hydrogen-bond acceptors (Lipinski definition) is 3. The van der Waals surface area contributed by atoms with Gasteiger partial charge in [-0.2, -0.15) is 0 Å². The zero-order valence-electron chi connectivity index (χ0n) is 11.5. The zero-order chi connectivity index (χ0) is 15.7. The lowest BCUT2D eigenvalue weighted by molar-refractivity contribution is 0.0697. The van der Waals surface area contributed by atoms with E-state index in [1.54, 1.807) is 0 Å². The van der Waals surface area contributed by atoms with E-state index in [0.29, 0.717) is 10.9 Å². The molecule has 0 bridgehead atoms. The molecule has 0 radical (unpaired) electrons. The molecular formula is C17H13NO4. The van der Waals surface area contributed by atoms with E-state index in [1.807, 2.05) is 30.3 Å². The van der Waals surface area contributed by atoms with E-state index in [2.05, 4.69) is 4.98 Å². The fraction of sp³-hybridized carbons (Fsp3) is 0.0588. The van der Waals surface area contributed by atoms with Crippen molar-refractivity contribution in [2.24, 2.45) is 0 Å². The summed E-state index contributed by atoms with van der Waals surface area (Å²) in [5, 5.41) is 19.8. The Labute approximate surface area is 125 Å². The van der Waals surface area contributed by atoms with Crippen molar-refractivity contribution >= 4 is 16.9 Å². The van der Waals surface area contributed by atoms with Crippen LogP contribution in [0.2, 0.25) is 0 Å². The van der Waals surface area contributed by atoms with Crippen LogP contribution in [0.15, 0.2) is 53.3 Å². The van der Waals surface area contributed by atoms with Gasteiger partial charge in [0.1, 0.15) is 5.75 Å². The fourth-order valence-corrected chi connectivity index (χ4v) is 2.41. The Hall–Kier alpha value is -3.08. The van der Waals surface area contributed by atoms with Crippen molar-refractivity contribution in [2.45, 2.75) is 6.42 Å². The summed E-state index contributed by atoms with van der Waals surface area (Å²) in [5.74, 6) is -1.26. The maximum Gasteiger partial charge on any atom is 0.335 e. The van der Waals surface area contributed by atoms with Gasteiger partial charge in [-0.1, -0.05) is 30.3 Å². The molecule has 110 valence electrons. The van der Waals surface area contributed by atoms with Crippen LogP contribution in [0.1, 0.15) is 21.5 Å². The number of aromatic hydroxyl groups is 1. The Morgan fingerprint density at radius 3 is 2.50 bits per heavy atom. The number of carbonyl (C=O) groups is 1. The van der Waals surface area contributed by atoms with Gasteiger partial charge in [-0.05, 0) is 23.8 Å². The second-order valence-corrected chi connectivity index (χ2v) is 5.01. The first kappa shape index (κ1) is 13.9. The van der Waals surface area contributed by atoms with E-state index in [-0.39, 0.29) is 28.9 Å². The van der Waals surface area contributed by atoms with E-state index >= 15 is 0 Å². The molecule has 0 spiro atoms. The summed E-state index contributed by atoms with van der Waals surface area (Å²) in [4.78, 5) is 25.9. The van der Waals surface area contributed by atoms with Crippen molar-refractivity contribution < 1.29 is 15.0 Å². The summed E-state index contributed by atoms with van der Waals surface area (Å²) in [7, 11) is 0. The Morgan fingerprint density at radius 2 is 1.82 bits per heavy atom. The summed E-state index contributed by atoms with van der Waals surface area (Å²) in [5.41, 5.74) is 1.19. The van der Waals surface area contributed by atoms with Crippen LogP contribution in [0.3, 0.4) is 0 Å². The normalized spacial score (nSPS) is 10.7. The lowest BCUT2D eigenvalue weighted by atomic mass is 10.0. The number of aromatic amines is 1. The molecule has 3 N–H and O–H groups in total. The van der Waals surface area contributed by atoms with Gasteiger partial charge >= 0.3 is 5.97 Å². The molecule has 5 heteroatoms. The van der Waals surface area contributed by atoms with Crippen molar-refractivity contribution in [3.63, 3.8) is 0 Å². The third kappa shape index (κ3) is 2.44. The summed E-state index contributed by atoms with van der Waals surface area (Å²) >= 11 is 0. The highest BCUT2D eigenvalue weighted by Crippen LogP contribution is 2.27. The number of aromatic nitrogens is 1. The summed E-state index contributed by atoms with van der Waals surface area (Å²) in [6.07, 6.45) is 0.273. The van der Waals surface area contributed by atoms with E-state index < -0.39 is 5.97 Å². The van der Waals surface area contributed by atoms with Crippen LogP contribution in [0.5, 0.6) is 5.75 Å². The number of fused-ring (bicyclic) bond motifs is 1. The molecule has 3 rings (SSSR count). The number of rotatable bonds is 3. The second kappa shape index (κ2) is 5.37.